The number of ether oxygens (including phenoxy) is 6. The van der Waals surface area contributed by atoms with Gasteiger partial charge in [0.25, 0.3) is 0 Å². The fraction of sp³-hybridized carbons (Fsp3) is 0.148. The van der Waals surface area contributed by atoms with Gasteiger partial charge in [0.15, 0.2) is 46.3 Å². The summed E-state index contributed by atoms with van der Waals surface area (Å²) < 4.78 is 51.8. The van der Waals surface area contributed by atoms with E-state index in [9.17, 15) is 0 Å². The van der Waals surface area contributed by atoms with Crippen LogP contribution in [0, 0.1) is 0 Å². The Morgan fingerprint density at radius 2 is 0.740 bits per heavy atom. The van der Waals surface area contributed by atoms with Crippen molar-refractivity contribution in [3.05, 3.63) is 166 Å². The maximum absolute atomic E-state index is 15.6. The quantitative estimate of drug-likeness (QED) is 0.115. The van der Waals surface area contributed by atoms with Gasteiger partial charge in [0, 0.05) is 43.8 Å². The molecule has 4 aliphatic rings. The van der Waals surface area contributed by atoms with E-state index in [1.807, 2.05) is 97.1 Å². The number of hydrogen-bond acceptors (Lipinski definition) is 16. The summed E-state index contributed by atoms with van der Waals surface area (Å²) >= 11 is 0. The molecule has 19 heteroatoms. The lowest BCUT2D eigenvalue weighted by atomic mass is 10.1. The van der Waals surface area contributed by atoms with E-state index in [-0.39, 0.29) is 35.5 Å². The zero-order chi connectivity index (χ0) is 50.1. The molecule has 73 heavy (non-hydrogen) atoms. The van der Waals surface area contributed by atoms with Gasteiger partial charge in [-0.1, -0.05) is 97.1 Å². The second kappa shape index (κ2) is 17.5. The number of aromatic nitrogens is 2. The predicted octanol–water partition coefficient (Wildman–Crippen LogP) is 6.99. The first-order valence-corrected chi connectivity index (χ1v) is 24.7. The molecule has 362 valence electrons. The zero-order valence-corrected chi connectivity index (χ0v) is 41.1. The number of hydrogen-bond donors (Lipinski definition) is 0. The third kappa shape index (κ3) is 7.06. The van der Waals surface area contributed by atoms with Crippen molar-refractivity contribution in [1.29, 1.82) is 0 Å². The van der Waals surface area contributed by atoms with Crippen molar-refractivity contribution in [2.24, 2.45) is 30.0 Å². The topological polar surface area (TPSA) is 192 Å². The van der Waals surface area contributed by atoms with E-state index in [1.54, 1.807) is 32.7 Å². The maximum atomic E-state index is 15.6. The zero-order valence-electron chi connectivity index (χ0n) is 40.1. The Hall–Kier alpha value is -9.36. The highest BCUT2D eigenvalue weighted by Crippen LogP contribution is 2.45. The molecule has 0 fully saturated rings. The van der Waals surface area contributed by atoms with Crippen molar-refractivity contribution in [3.63, 3.8) is 0 Å². The number of methoxy groups -OCH3 is 6. The van der Waals surface area contributed by atoms with Crippen LogP contribution in [-0.2, 0) is 31.3 Å². The molecule has 0 N–H and O–H groups in total. The van der Waals surface area contributed by atoms with Crippen molar-refractivity contribution in [2.75, 3.05) is 42.7 Å². The Labute approximate surface area is 416 Å². The molecule has 0 unspecified atom stereocenters. The third-order valence-electron chi connectivity index (χ3n) is 13.0. The summed E-state index contributed by atoms with van der Waals surface area (Å²) in [6.45, 7) is 0. The van der Waals surface area contributed by atoms with E-state index < -0.39 is 20.8 Å². The van der Waals surface area contributed by atoms with Gasteiger partial charge in [-0.3, -0.25) is 18.1 Å². The average Bonchev–Trinajstić information content (AvgIpc) is 4.13. The number of benzene rings is 6. The van der Waals surface area contributed by atoms with Crippen LogP contribution in [0.15, 0.2) is 151 Å². The third-order valence-corrected chi connectivity index (χ3v) is 15.9. The Morgan fingerprint density at radius 3 is 1.08 bits per heavy atom. The normalized spacial score (nSPS) is 14.2. The molecule has 2 aromatic heterocycles. The molecular weight excluding hydrogens is 949 g/mol. The summed E-state index contributed by atoms with van der Waals surface area (Å²) in [5, 5.41) is 2.32. The second-order valence-corrected chi connectivity index (χ2v) is 19.4. The van der Waals surface area contributed by atoms with Gasteiger partial charge in [-0.05, 0) is 35.4 Å². The smallest absolute Gasteiger partial charge is 0.493 e. The van der Waals surface area contributed by atoms with E-state index in [2.05, 4.69) is 0 Å². The van der Waals surface area contributed by atoms with E-state index in [1.165, 1.54) is 42.7 Å². The van der Waals surface area contributed by atoms with Crippen molar-refractivity contribution >= 4 is 77.3 Å². The second-order valence-electron chi connectivity index (χ2n) is 17.0. The van der Waals surface area contributed by atoms with Gasteiger partial charge in [-0.15, -0.1) is 0 Å². The molecule has 12 rings (SSSR count). The fourth-order valence-electron chi connectivity index (χ4n) is 9.82. The van der Waals surface area contributed by atoms with Crippen LogP contribution in [0.2, 0.25) is 0 Å². The van der Waals surface area contributed by atoms with Crippen LogP contribution in [0.1, 0.15) is 33.4 Å². The number of fused-ring (bicyclic) bond motifs is 14. The van der Waals surface area contributed by atoms with E-state index in [0.717, 1.165) is 0 Å². The van der Waals surface area contributed by atoms with Crippen LogP contribution in [0.4, 0.5) is 11.6 Å². The molecule has 18 nitrogen and oxygen atoms in total. The summed E-state index contributed by atoms with van der Waals surface area (Å²) in [6.07, 6.45) is -0.749. The Kier molecular flexibility index (Phi) is 10.7. The van der Waals surface area contributed by atoms with Gasteiger partial charge in [-0.25, -0.2) is 30.0 Å². The van der Waals surface area contributed by atoms with Crippen LogP contribution in [0.3, 0.4) is 0 Å². The first kappa shape index (κ1) is 44.8. The van der Waals surface area contributed by atoms with Gasteiger partial charge in [-0.2, -0.15) is 0 Å². The Morgan fingerprint density at radius 1 is 0.411 bits per heavy atom. The predicted molar refractivity (Wildman–Crippen MR) is 273 cm³/mol. The molecule has 0 amide bonds. The number of aliphatic imine (C=N–C) groups is 4. The maximum Gasteiger partial charge on any atom is 0.742 e. The minimum atomic E-state index is -5.32. The molecule has 6 heterocycles. The van der Waals surface area contributed by atoms with Gasteiger partial charge in [0.1, 0.15) is 22.6 Å². The average molecular weight is 991 g/mol. The Balaban J connectivity index is 1.23. The molecule has 6 aromatic carbocycles. The molecule has 0 saturated heterocycles. The van der Waals surface area contributed by atoms with Crippen molar-refractivity contribution in [2.45, 2.75) is 12.8 Å². The summed E-state index contributed by atoms with van der Waals surface area (Å²) in [5.74, 6) is 2.02. The summed E-state index contributed by atoms with van der Waals surface area (Å²) in [7, 11) is 3.61. The van der Waals surface area contributed by atoms with Crippen molar-refractivity contribution in [1.82, 2.24) is 8.47 Å². The highest BCUT2D eigenvalue weighted by atomic mass is 28.4. The van der Waals surface area contributed by atoms with Gasteiger partial charge < -0.3 is 37.3 Å². The van der Waals surface area contributed by atoms with Gasteiger partial charge in [0.05, 0.1) is 55.5 Å². The largest absolute Gasteiger partial charge is 0.742 e. The van der Waals surface area contributed by atoms with Crippen molar-refractivity contribution in [3.8, 4) is 34.5 Å². The molecule has 0 radical (unpaired) electrons. The monoisotopic (exact) mass is 990 g/mol. The van der Waals surface area contributed by atoms with E-state index >= 15 is 9.59 Å². The minimum Gasteiger partial charge on any atom is -0.493 e. The van der Waals surface area contributed by atoms with Gasteiger partial charge >= 0.3 is 20.8 Å². The minimum absolute atomic E-state index is 0.227. The number of carbonyl (C=O) groups is 2. The van der Waals surface area contributed by atoms with Crippen LogP contribution in [-0.4, -0.2) is 95.3 Å². The molecule has 6 bridgehead atoms. The molecule has 8 aromatic rings. The summed E-state index contributed by atoms with van der Waals surface area (Å²) in [4.78, 5) is 62.9. The first-order chi connectivity index (χ1) is 35.7. The first-order valence-electron chi connectivity index (χ1n) is 23.0. The summed E-state index contributed by atoms with van der Waals surface area (Å²) in [6, 6.07) is 37.0. The molecule has 4 aliphatic heterocycles. The number of rotatable bonds is 12. The number of nitrogens with zero attached hydrogens (tertiary/aromatic N) is 8. The lowest BCUT2D eigenvalue weighted by Gasteiger charge is -2.32. The van der Waals surface area contributed by atoms with Crippen molar-refractivity contribution < 1.29 is 46.9 Å². The standard InChI is InChI=1S/C54H42N8O10Si/c1-65-39-23-29(24-40(66-2)45(39)69-5)27-43(63)71-73(72-44(64)28-30-25-41(67-3)46(70-6)42(26-30)68-4)61-51-35-19-11-12-20-36(35)53(61)59-49-33-17-9-10-18-34(33)50(56-49)60-54-38-22-14-13-21-37(38)52(62(54)73)58-48-32-16-8-7-15-31(32)47(55-48)57-51/h7-26H,27-28H2,1-6H3. The van der Waals surface area contributed by atoms with E-state index in [0.29, 0.717) is 113 Å². The Bertz CT molecular complexity index is 3670. The van der Waals surface area contributed by atoms with Crippen LogP contribution in [0.5, 0.6) is 34.5 Å². The van der Waals surface area contributed by atoms with Crippen LogP contribution >= 0.6 is 0 Å². The van der Waals surface area contributed by atoms with E-state index in [4.69, 9.17) is 67.2 Å². The van der Waals surface area contributed by atoms with Crippen LogP contribution < -0.4 is 39.4 Å². The number of amidine groups is 4. The summed E-state index contributed by atoms with van der Waals surface area (Å²) in [5.41, 5.74) is 4.14. The molecule has 0 aliphatic carbocycles. The SMILES string of the molecule is COc1cc(CC(=O)O[Si]2(OC(=O)Cc3cc(OC)c(OC)c(OC)c3)n3c4c5ccccc5c3N=C3N=C(N=c5c6ccccc6c(n52)=NC2=NC(=N4)c4ccccc42)c2ccccc23)cc(OC)c1OC. The fourth-order valence-corrected chi connectivity index (χ4v) is 12.9. The number of carbonyl (C=O) groups excluding carboxylic acids is 2. The van der Waals surface area contributed by atoms with Gasteiger partial charge in [0.2, 0.25) is 11.5 Å². The molecule has 0 atom stereocenters. The molecule has 0 saturated carbocycles. The lowest BCUT2D eigenvalue weighted by Crippen LogP contribution is -2.65. The molecular formula is C54H42N8O10Si. The van der Waals surface area contributed by atoms with Crippen LogP contribution in [0.25, 0.3) is 21.5 Å². The lowest BCUT2D eigenvalue weighted by molar-refractivity contribution is -0.141. The highest BCUT2D eigenvalue weighted by molar-refractivity contribution is 6.69. The highest BCUT2D eigenvalue weighted by Gasteiger charge is 2.59. The molecule has 0 spiro atoms.